The van der Waals surface area contributed by atoms with Crippen molar-refractivity contribution in [1.29, 1.82) is 0 Å². The third-order valence-electron chi connectivity index (χ3n) is 3.81. The standard InChI is InChI=1S/C15H17N3O2/c1-3-20-15(19)14-10(2)18(17-16-14)9-12-8-11-6-4-5-7-13(11)12/h4-7,12H,3,8-9H2,1-2H3. The van der Waals surface area contributed by atoms with E-state index in [4.69, 9.17) is 4.74 Å². The minimum Gasteiger partial charge on any atom is -0.461 e. The van der Waals surface area contributed by atoms with E-state index in [2.05, 4.69) is 34.6 Å². The second-order valence-corrected chi connectivity index (χ2v) is 5.03. The monoisotopic (exact) mass is 271 g/mol. The van der Waals surface area contributed by atoms with Gasteiger partial charge in [-0.05, 0) is 31.4 Å². The fraction of sp³-hybridized carbons (Fsp3) is 0.400. The highest BCUT2D eigenvalue weighted by molar-refractivity contribution is 5.88. The van der Waals surface area contributed by atoms with E-state index in [1.165, 1.54) is 11.1 Å². The third-order valence-corrected chi connectivity index (χ3v) is 3.81. The van der Waals surface area contributed by atoms with Crippen LogP contribution in [0.25, 0.3) is 0 Å². The first-order valence-corrected chi connectivity index (χ1v) is 6.85. The van der Waals surface area contributed by atoms with Gasteiger partial charge in [0.25, 0.3) is 0 Å². The van der Waals surface area contributed by atoms with E-state index < -0.39 is 5.97 Å². The zero-order chi connectivity index (χ0) is 14.1. The number of hydrogen-bond acceptors (Lipinski definition) is 4. The molecule has 20 heavy (non-hydrogen) atoms. The van der Waals surface area contributed by atoms with Gasteiger partial charge in [-0.25, -0.2) is 9.48 Å². The summed E-state index contributed by atoms with van der Waals surface area (Å²) in [7, 11) is 0. The molecule has 0 aliphatic heterocycles. The van der Waals surface area contributed by atoms with E-state index >= 15 is 0 Å². The summed E-state index contributed by atoms with van der Waals surface area (Å²) in [6, 6.07) is 8.43. The van der Waals surface area contributed by atoms with Gasteiger partial charge < -0.3 is 4.74 Å². The Labute approximate surface area is 117 Å². The fourth-order valence-electron chi connectivity index (χ4n) is 2.66. The smallest absolute Gasteiger partial charge is 0.360 e. The molecule has 2 aromatic rings. The van der Waals surface area contributed by atoms with Crippen molar-refractivity contribution in [3.8, 4) is 0 Å². The Morgan fingerprint density at radius 2 is 2.25 bits per heavy atom. The van der Waals surface area contributed by atoms with E-state index in [1.54, 1.807) is 11.6 Å². The van der Waals surface area contributed by atoms with Crippen LogP contribution in [0.15, 0.2) is 24.3 Å². The second-order valence-electron chi connectivity index (χ2n) is 5.03. The van der Waals surface area contributed by atoms with E-state index in [0.29, 0.717) is 18.2 Å². The minimum absolute atomic E-state index is 0.319. The van der Waals surface area contributed by atoms with Gasteiger partial charge in [-0.1, -0.05) is 29.5 Å². The summed E-state index contributed by atoms with van der Waals surface area (Å²) in [6.07, 6.45) is 1.06. The van der Waals surface area contributed by atoms with Gasteiger partial charge in [0, 0.05) is 5.92 Å². The lowest BCUT2D eigenvalue weighted by atomic mass is 9.77. The molecule has 0 N–H and O–H groups in total. The second kappa shape index (κ2) is 5.07. The van der Waals surface area contributed by atoms with Crippen LogP contribution in [0.3, 0.4) is 0 Å². The van der Waals surface area contributed by atoms with Crippen LogP contribution in [0.4, 0.5) is 0 Å². The molecule has 1 atom stereocenters. The molecule has 1 aliphatic carbocycles. The van der Waals surface area contributed by atoms with Crippen LogP contribution in [-0.4, -0.2) is 27.6 Å². The van der Waals surface area contributed by atoms with E-state index in [0.717, 1.165) is 18.7 Å². The molecule has 1 unspecified atom stereocenters. The highest BCUT2D eigenvalue weighted by Crippen LogP contribution is 2.35. The van der Waals surface area contributed by atoms with Crippen LogP contribution in [0.5, 0.6) is 0 Å². The minimum atomic E-state index is -0.398. The summed E-state index contributed by atoms with van der Waals surface area (Å²) in [6.45, 7) is 4.75. The summed E-state index contributed by atoms with van der Waals surface area (Å²) < 4.78 is 6.77. The fourth-order valence-corrected chi connectivity index (χ4v) is 2.66. The lowest BCUT2D eigenvalue weighted by molar-refractivity contribution is 0.0518. The van der Waals surface area contributed by atoms with E-state index in [-0.39, 0.29) is 0 Å². The molecule has 1 heterocycles. The highest BCUT2D eigenvalue weighted by Gasteiger charge is 2.27. The van der Waals surface area contributed by atoms with Gasteiger partial charge >= 0.3 is 5.97 Å². The molecule has 1 aromatic carbocycles. The van der Waals surface area contributed by atoms with Crippen molar-refractivity contribution < 1.29 is 9.53 Å². The largest absolute Gasteiger partial charge is 0.461 e. The van der Waals surface area contributed by atoms with E-state index in [1.807, 2.05) is 6.92 Å². The lowest BCUT2D eigenvalue weighted by Gasteiger charge is -2.30. The molecule has 0 bridgehead atoms. The Bertz CT molecular complexity index is 648. The molecule has 0 saturated carbocycles. The maximum atomic E-state index is 11.7. The number of hydrogen-bond donors (Lipinski definition) is 0. The van der Waals surface area contributed by atoms with Gasteiger partial charge in [0.2, 0.25) is 0 Å². The molecular formula is C15H17N3O2. The Kier molecular flexibility index (Phi) is 3.26. The molecule has 1 aliphatic rings. The zero-order valence-electron chi connectivity index (χ0n) is 11.7. The molecule has 0 spiro atoms. The molecule has 104 valence electrons. The summed E-state index contributed by atoms with van der Waals surface area (Å²) in [5.41, 5.74) is 3.87. The van der Waals surface area contributed by atoms with Crippen molar-refractivity contribution in [2.45, 2.75) is 32.7 Å². The quantitative estimate of drug-likeness (QED) is 0.799. The van der Waals surface area contributed by atoms with Crippen LogP contribution < -0.4 is 0 Å². The van der Waals surface area contributed by atoms with E-state index in [9.17, 15) is 4.79 Å². The Morgan fingerprint density at radius 1 is 1.45 bits per heavy atom. The SMILES string of the molecule is CCOC(=O)c1nnn(CC2Cc3ccccc32)c1C. The van der Waals surface area contributed by atoms with Crippen molar-refractivity contribution in [3.05, 3.63) is 46.8 Å². The lowest BCUT2D eigenvalue weighted by Crippen LogP contribution is -2.23. The molecule has 0 amide bonds. The Balaban J connectivity index is 1.75. The molecule has 3 rings (SSSR count). The first kappa shape index (κ1) is 12.8. The number of carbonyl (C=O) groups is 1. The summed E-state index contributed by atoms with van der Waals surface area (Å²) in [4.78, 5) is 11.7. The highest BCUT2D eigenvalue weighted by atomic mass is 16.5. The number of rotatable bonds is 4. The number of ether oxygens (including phenoxy) is 1. The number of nitrogens with zero attached hydrogens (tertiary/aromatic N) is 3. The van der Waals surface area contributed by atoms with Gasteiger partial charge in [-0.3, -0.25) is 0 Å². The molecular weight excluding hydrogens is 254 g/mol. The van der Waals surface area contributed by atoms with Gasteiger partial charge in [0.1, 0.15) is 0 Å². The van der Waals surface area contributed by atoms with Crippen LogP contribution in [0.2, 0.25) is 0 Å². The molecule has 0 fully saturated rings. The molecule has 0 radical (unpaired) electrons. The topological polar surface area (TPSA) is 57.0 Å². The summed E-state index contributed by atoms with van der Waals surface area (Å²) in [5, 5.41) is 8.02. The van der Waals surface area contributed by atoms with Crippen LogP contribution in [-0.2, 0) is 17.7 Å². The third kappa shape index (κ3) is 2.09. The Hall–Kier alpha value is -2.17. The van der Waals surface area contributed by atoms with Crippen molar-refractivity contribution in [3.63, 3.8) is 0 Å². The zero-order valence-corrected chi connectivity index (χ0v) is 11.7. The number of benzene rings is 1. The summed E-state index contributed by atoms with van der Waals surface area (Å²) >= 11 is 0. The first-order valence-electron chi connectivity index (χ1n) is 6.85. The average Bonchev–Trinajstić information content (AvgIpc) is 2.78. The first-order chi connectivity index (χ1) is 9.70. The molecule has 1 aromatic heterocycles. The Morgan fingerprint density at radius 3 is 3.00 bits per heavy atom. The predicted octanol–water partition coefficient (Wildman–Crippen LogP) is 2.10. The maximum absolute atomic E-state index is 11.7. The van der Waals surface area contributed by atoms with Crippen molar-refractivity contribution in [2.24, 2.45) is 0 Å². The van der Waals surface area contributed by atoms with Crippen molar-refractivity contribution in [2.75, 3.05) is 6.61 Å². The number of fused-ring (bicyclic) bond motifs is 1. The van der Waals surface area contributed by atoms with Crippen LogP contribution in [0.1, 0.15) is 40.2 Å². The predicted molar refractivity (Wildman–Crippen MR) is 73.6 cm³/mol. The number of carbonyl (C=O) groups excluding carboxylic acids is 1. The van der Waals surface area contributed by atoms with Crippen LogP contribution in [0, 0.1) is 6.92 Å². The van der Waals surface area contributed by atoms with Gasteiger partial charge in [-0.15, -0.1) is 5.10 Å². The van der Waals surface area contributed by atoms with Crippen molar-refractivity contribution in [1.82, 2.24) is 15.0 Å². The number of aromatic nitrogens is 3. The maximum Gasteiger partial charge on any atom is 0.360 e. The van der Waals surface area contributed by atoms with Gasteiger partial charge in [0.05, 0.1) is 18.8 Å². The van der Waals surface area contributed by atoms with Crippen molar-refractivity contribution >= 4 is 5.97 Å². The average molecular weight is 271 g/mol. The number of esters is 1. The normalized spacial score (nSPS) is 16.4. The van der Waals surface area contributed by atoms with Crippen LogP contribution >= 0.6 is 0 Å². The van der Waals surface area contributed by atoms with Gasteiger partial charge in [0.15, 0.2) is 5.69 Å². The molecule has 0 saturated heterocycles. The molecule has 5 nitrogen and oxygen atoms in total. The van der Waals surface area contributed by atoms with Gasteiger partial charge in [-0.2, -0.15) is 0 Å². The summed E-state index contributed by atoms with van der Waals surface area (Å²) in [5.74, 6) is 0.0619. The molecule has 5 heteroatoms.